The summed E-state index contributed by atoms with van der Waals surface area (Å²) in [5.74, 6) is 0.845. The van der Waals surface area contributed by atoms with E-state index in [0.29, 0.717) is 22.7 Å². The van der Waals surface area contributed by atoms with Crippen LogP contribution in [0.25, 0.3) is 0 Å². The summed E-state index contributed by atoms with van der Waals surface area (Å²) in [5, 5.41) is 0.611. The van der Waals surface area contributed by atoms with Crippen LogP contribution < -0.4 is 0 Å². The summed E-state index contributed by atoms with van der Waals surface area (Å²) in [6.07, 6.45) is 0. The Balaban J connectivity index is 1.86. The van der Waals surface area contributed by atoms with E-state index in [2.05, 4.69) is 0 Å². The molecular formula is C18H16ClNO2S. The number of ketones is 1. The van der Waals surface area contributed by atoms with Crippen molar-refractivity contribution < 1.29 is 9.59 Å². The molecule has 0 saturated carbocycles. The van der Waals surface area contributed by atoms with Gasteiger partial charge in [0.05, 0.1) is 0 Å². The number of carbonyl (C=O) groups excluding carboxylic acids is 2. The molecule has 1 fully saturated rings. The summed E-state index contributed by atoms with van der Waals surface area (Å²) in [7, 11) is 0. The lowest BCUT2D eigenvalue weighted by Crippen LogP contribution is -2.30. The van der Waals surface area contributed by atoms with Crippen molar-refractivity contribution in [3.05, 3.63) is 70.2 Å². The summed E-state index contributed by atoms with van der Waals surface area (Å²) in [4.78, 5) is 26.0. The zero-order valence-electron chi connectivity index (χ0n) is 12.7. The summed E-state index contributed by atoms with van der Waals surface area (Å²) in [5.41, 5.74) is 2.17. The average molecular weight is 346 g/mol. The molecule has 1 aliphatic rings. The lowest BCUT2D eigenvalue weighted by Gasteiger charge is -2.25. The Kier molecular flexibility index (Phi) is 4.74. The van der Waals surface area contributed by atoms with E-state index in [4.69, 9.17) is 11.6 Å². The Morgan fingerprint density at radius 1 is 1.09 bits per heavy atom. The van der Waals surface area contributed by atoms with Crippen LogP contribution in [0.5, 0.6) is 0 Å². The molecule has 0 spiro atoms. The first-order valence-corrected chi connectivity index (χ1v) is 8.78. The lowest BCUT2D eigenvalue weighted by molar-refractivity contribution is 0.0760. The predicted molar refractivity (Wildman–Crippen MR) is 94.1 cm³/mol. The molecular weight excluding hydrogens is 330 g/mol. The van der Waals surface area contributed by atoms with Crippen LogP contribution in [0.2, 0.25) is 5.02 Å². The second kappa shape index (κ2) is 6.77. The zero-order chi connectivity index (χ0) is 16.4. The van der Waals surface area contributed by atoms with Gasteiger partial charge < -0.3 is 4.90 Å². The molecule has 0 aromatic heterocycles. The average Bonchev–Trinajstić information content (AvgIpc) is 3.04. The number of Topliss-reactive ketones (excluding diaryl/α,β-unsaturated/α-hetero) is 1. The number of thioether (sulfide) groups is 1. The molecule has 0 N–H and O–H groups in total. The zero-order valence-corrected chi connectivity index (χ0v) is 14.2. The molecule has 1 atom stereocenters. The van der Waals surface area contributed by atoms with Gasteiger partial charge in [-0.1, -0.05) is 41.9 Å². The summed E-state index contributed by atoms with van der Waals surface area (Å²) < 4.78 is 0. The van der Waals surface area contributed by atoms with Crippen LogP contribution in [-0.4, -0.2) is 28.9 Å². The van der Waals surface area contributed by atoms with Crippen LogP contribution in [-0.2, 0) is 0 Å². The highest BCUT2D eigenvalue weighted by atomic mass is 35.5. The summed E-state index contributed by atoms with van der Waals surface area (Å²) in [6.45, 7) is 2.20. The number of rotatable bonds is 3. The fourth-order valence-electron chi connectivity index (χ4n) is 2.62. The highest BCUT2D eigenvalue weighted by Gasteiger charge is 2.32. The van der Waals surface area contributed by atoms with Gasteiger partial charge >= 0.3 is 0 Å². The van der Waals surface area contributed by atoms with Crippen molar-refractivity contribution in [2.24, 2.45) is 0 Å². The van der Waals surface area contributed by atoms with Gasteiger partial charge in [0.15, 0.2) is 5.78 Å². The van der Waals surface area contributed by atoms with E-state index >= 15 is 0 Å². The van der Waals surface area contributed by atoms with Crippen LogP contribution >= 0.6 is 23.4 Å². The van der Waals surface area contributed by atoms with E-state index in [-0.39, 0.29) is 17.1 Å². The molecule has 1 heterocycles. The Hall–Kier alpha value is -1.78. The van der Waals surface area contributed by atoms with Crippen molar-refractivity contribution >= 4 is 35.1 Å². The maximum Gasteiger partial charge on any atom is 0.255 e. The van der Waals surface area contributed by atoms with Gasteiger partial charge in [-0.15, -0.1) is 11.8 Å². The highest BCUT2D eigenvalue weighted by molar-refractivity contribution is 7.99. The molecule has 0 aliphatic carbocycles. The third-order valence-electron chi connectivity index (χ3n) is 3.86. The third-order valence-corrected chi connectivity index (χ3v) is 5.45. The van der Waals surface area contributed by atoms with Crippen LogP contribution in [0, 0.1) is 0 Å². The Labute approximate surface area is 144 Å². The van der Waals surface area contributed by atoms with Gasteiger partial charge in [-0.05, 0) is 25.1 Å². The first-order chi connectivity index (χ1) is 11.1. The molecule has 1 amide bonds. The maximum atomic E-state index is 12.8. The van der Waals surface area contributed by atoms with Gasteiger partial charge in [0.25, 0.3) is 5.91 Å². The minimum Gasteiger partial charge on any atom is -0.322 e. The fraction of sp³-hybridized carbons (Fsp3) is 0.222. The number of hydrogen-bond acceptors (Lipinski definition) is 3. The van der Waals surface area contributed by atoms with E-state index in [1.165, 1.54) is 6.92 Å². The molecule has 3 nitrogen and oxygen atoms in total. The van der Waals surface area contributed by atoms with Crippen molar-refractivity contribution in [1.82, 2.24) is 4.90 Å². The second-order valence-corrected chi connectivity index (χ2v) is 6.97. The van der Waals surface area contributed by atoms with Gasteiger partial charge in [-0.25, -0.2) is 0 Å². The van der Waals surface area contributed by atoms with Gasteiger partial charge in [0.2, 0.25) is 0 Å². The topological polar surface area (TPSA) is 37.4 Å². The van der Waals surface area contributed by atoms with Gasteiger partial charge in [0.1, 0.15) is 5.37 Å². The molecule has 1 aliphatic heterocycles. The Bertz CT molecular complexity index is 745. The summed E-state index contributed by atoms with van der Waals surface area (Å²) in [6, 6.07) is 14.5. The monoisotopic (exact) mass is 345 g/mol. The maximum absolute atomic E-state index is 12.8. The predicted octanol–water partition coefficient (Wildman–Crippen LogP) is 4.43. The number of halogens is 1. The highest BCUT2D eigenvalue weighted by Crippen LogP contribution is 2.41. The minimum atomic E-state index is -0.0660. The number of benzene rings is 2. The first kappa shape index (κ1) is 16.1. The lowest BCUT2D eigenvalue weighted by atomic mass is 10.1. The fourth-order valence-corrected chi connectivity index (χ4v) is 4.22. The molecule has 3 rings (SSSR count). The number of nitrogens with zero attached hydrogens (tertiary/aromatic N) is 1. The molecule has 2 aromatic carbocycles. The van der Waals surface area contributed by atoms with Crippen LogP contribution in [0.15, 0.2) is 48.5 Å². The van der Waals surface area contributed by atoms with Crippen molar-refractivity contribution in [1.29, 1.82) is 0 Å². The van der Waals surface area contributed by atoms with E-state index < -0.39 is 0 Å². The van der Waals surface area contributed by atoms with Crippen LogP contribution in [0.3, 0.4) is 0 Å². The van der Waals surface area contributed by atoms with E-state index in [1.807, 2.05) is 29.2 Å². The molecule has 23 heavy (non-hydrogen) atoms. The molecule has 1 unspecified atom stereocenters. The molecule has 0 radical (unpaired) electrons. The standard InChI is InChI=1S/C18H16ClNO2S/c1-12(21)13-6-8-14(9-7-13)17(22)20-10-11-23-18(20)15-4-2-3-5-16(15)19/h2-9,18H,10-11H2,1H3. The van der Waals surface area contributed by atoms with Crippen LogP contribution in [0.4, 0.5) is 0 Å². The second-order valence-electron chi connectivity index (χ2n) is 5.38. The van der Waals surface area contributed by atoms with Crippen molar-refractivity contribution in [2.75, 3.05) is 12.3 Å². The normalized spacial score (nSPS) is 17.3. The minimum absolute atomic E-state index is 0.00493. The number of carbonyl (C=O) groups is 2. The molecule has 1 saturated heterocycles. The van der Waals surface area contributed by atoms with E-state index in [1.54, 1.807) is 36.0 Å². The van der Waals surface area contributed by atoms with Gasteiger partial charge in [-0.3, -0.25) is 9.59 Å². The van der Waals surface area contributed by atoms with E-state index in [0.717, 1.165) is 11.3 Å². The number of hydrogen-bond donors (Lipinski definition) is 0. The Morgan fingerprint density at radius 3 is 2.39 bits per heavy atom. The first-order valence-electron chi connectivity index (χ1n) is 7.36. The van der Waals surface area contributed by atoms with Crippen molar-refractivity contribution in [3.63, 3.8) is 0 Å². The van der Waals surface area contributed by atoms with Gasteiger partial charge in [-0.2, -0.15) is 0 Å². The molecule has 2 aromatic rings. The SMILES string of the molecule is CC(=O)c1ccc(C(=O)N2CCSC2c2ccccc2Cl)cc1. The quantitative estimate of drug-likeness (QED) is 0.772. The summed E-state index contributed by atoms with van der Waals surface area (Å²) >= 11 is 8.00. The van der Waals surface area contributed by atoms with Crippen molar-refractivity contribution in [3.8, 4) is 0 Å². The molecule has 5 heteroatoms. The number of amides is 1. The Morgan fingerprint density at radius 2 is 1.74 bits per heavy atom. The third kappa shape index (κ3) is 3.28. The van der Waals surface area contributed by atoms with Crippen molar-refractivity contribution in [2.45, 2.75) is 12.3 Å². The molecule has 0 bridgehead atoms. The van der Waals surface area contributed by atoms with E-state index in [9.17, 15) is 9.59 Å². The van der Waals surface area contributed by atoms with Gasteiger partial charge in [0, 0.05) is 34.0 Å². The smallest absolute Gasteiger partial charge is 0.255 e. The van der Waals surface area contributed by atoms with Crippen LogP contribution in [0.1, 0.15) is 38.6 Å². The largest absolute Gasteiger partial charge is 0.322 e. The molecule has 118 valence electrons.